The second kappa shape index (κ2) is 12.7. The number of aromatic hydroxyl groups is 1. The fraction of sp³-hybridized carbons (Fsp3) is 0.190. The van der Waals surface area contributed by atoms with Crippen molar-refractivity contribution in [1.29, 1.82) is 0 Å². The third kappa shape index (κ3) is 6.27. The van der Waals surface area contributed by atoms with Crippen molar-refractivity contribution in [2.45, 2.75) is 52.4 Å². The summed E-state index contributed by atoms with van der Waals surface area (Å²) in [6, 6.07) is 40.0. The van der Waals surface area contributed by atoms with Crippen molar-refractivity contribution in [1.82, 2.24) is 14.5 Å². The summed E-state index contributed by atoms with van der Waals surface area (Å²) in [5.74, 6) is 1.31. The molecule has 0 amide bonds. The molecule has 3 aromatic heterocycles. The van der Waals surface area contributed by atoms with Crippen molar-refractivity contribution in [2.24, 2.45) is 0 Å². The Labute approximate surface area is 296 Å². The quantitative estimate of drug-likeness (QED) is 0.176. The van der Waals surface area contributed by atoms with E-state index in [1.807, 2.05) is 66.7 Å². The molecule has 7 aromatic rings. The van der Waals surface area contributed by atoms with Gasteiger partial charge in [0.2, 0.25) is 5.88 Å². The molecule has 0 aliphatic rings. The SMILES string of the molecule is CC(C)(C)c1cc(-n2c3ccccc3c3ccc(-c4[c-]c(Oc5cc(-c6ccccc6)ccn5)ccc4)nc32)c(O)c(C(C)(C)C)c1.[Pt]. The van der Waals surface area contributed by atoms with Gasteiger partial charge >= 0.3 is 0 Å². The molecule has 0 aliphatic carbocycles. The summed E-state index contributed by atoms with van der Waals surface area (Å²) in [4.78, 5) is 9.68. The molecule has 4 aromatic carbocycles. The standard InChI is InChI=1S/C42H38N3O2.Pt/c1-41(2,3)30-25-34(42(4,5)6)39(46)37(26-30)45-36-18-11-10-17-32(36)33-19-20-35(44-40(33)45)29-15-12-16-31(23-29)47-38-24-28(21-22-43-38)27-13-8-7-9-14-27;/h7-22,24-26,46H,1-6H3;/q-1;. The van der Waals surface area contributed by atoms with Crippen LogP contribution in [0.2, 0.25) is 0 Å². The summed E-state index contributed by atoms with van der Waals surface area (Å²) in [5, 5.41) is 14.0. The zero-order chi connectivity index (χ0) is 32.9. The molecule has 0 bridgehead atoms. The molecule has 6 heteroatoms. The Kier molecular flexibility index (Phi) is 8.78. The van der Waals surface area contributed by atoms with E-state index in [2.05, 4.69) is 99.6 Å². The van der Waals surface area contributed by atoms with E-state index in [-0.39, 0.29) is 37.6 Å². The number of hydrogen-bond donors (Lipinski definition) is 1. The minimum absolute atomic E-state index is 0. The van der Waals surface area contributed by atoms with Crippen molar-refractivity contribution in [2.75, 3.05) is 0 Å². The molecule has 48 heavy (non-hydrogen) atoms. The van der Waals surface area contributed by atoms with Gasteiger partial charge in [0.1, 0.15) is 11.4 Å². The predicted molar refractivity (Wildman–Crippen MR) is 192 cm³/mol. The predicted octanol–water partition coefficient (Wildman–Crippen LogP) is 10.8. The van der Waals surface area contributed by atoms with Crippen molar-refractivity contribution in [3.05, 3.63) is 133 Å². The van der Waals surface area contributed by atoms with Crippen molar-refractivity contribution < 1.29 is 30.9 Å². The minimum Gasteiger partial charge on any atom is -0.505 e. The van der Waals surface area contributed by atoms with Crippen LogP contribution in [0, 0.1) is 6.07 Å². The zero-order valence-electron chi connectivity index (χ0n) is 28.0. The van der Waals surface area contributed by atoms with Gasteiger partial charge in [-0.1, -0.05) is 114 Å². The summed E-state index contributed by atoms with van der Waals surface area (Å²) >= 11 is 0. The number of para-hydroxylation sites is 1. The van der Waals surface area contributed by atoms with E-state index in [0.717, 1.165) is 61.1 Å². The molecule has 0 atom stereocenters. The first-order chi connectivity index (χ1) is 22.5. The van der Waals surface area contributed by atoms with Gasteiger partial charge in [-0.05, 0) is 51.4 Å². The molecule has 7 rings (SSSR count). The van der Waals surface area contributed by atoms with Gasteiger partial charge in [-0.3, -0.25) is 9.55 Å². The van der Waals surface area contributed by atoms with Crippen LogP contribution in [0.25, 0.3) is 50.0 Å². The van der Waals surface area contributed by atoms with Crippen LogP contribution in [0.5, 0.6) is 17.4 Å². The van der Waals surface area contributed by atoms with Crippen LogP contribution in [-0.4, -0.2) is 19.6 Å². The number of benzene rings is 4. The number of fused-ring (bicyclic) bond motifs is 3. The zero-order valence-corrected chi connectivity index (χ0v) is 30.3. The molecule has 0 aliphatic heterocycles. The second-order valence-electron chi connectivity index (χ2n) is 14.1. The fourth-order valence-corrected chi connectivity index (χ4v) is 6.07. The second-order valence-corrected chi connectivity index (χ2v) is 14.1. The van der Waals surface area contributed by atoms with Crippen LogP contribution < -0.4 is 4.74 Å². The van der Waals surface area contributed by atoms with Gasteiger partial charge in [0, 0.05) is 55.4 Å². The van der Waals surface area contributed by atoms with Gasteiger partial charge in [0.05, 0.1) is 11.2 Å². The molecular formula is C42H38N3O2Pt-. The average molecular weight is 812 g/mol. The number of pyridine rings is 2. The van der Waals surface area contributed by atoms with Crippen LogP contribution in [0.3, 0.4) is 0 Å². The Morgan fingerprint density at radius 3 is 2.21 bits per heavy atom. The van der Waals surface area contributed by atoms with Crippen LogP contribution >= 0.6 is 0 Å². The molecule has 5 nitrogen and oxygen atoms in total. The Morgan fingerprint density at radius 1 is 0.708 bits per heavy atom. The van der Waals surface area contributed by atoms with E-state index in [4.69, 9.17) is 9.72 Å². The van der Waals surface area contributed by atoms with Gasteiger partial charge in [-0.15, -0.1) is 23.8 Å². The maximum Gasteiger partial charge on any atom is 0.217 e. The minimum atomic E-state index is -0.262. The number of nitrogens with zero attached hydrogens (tertiary/aromatic N) is 3. The van der Waals surface area contributed by atoms with E-state index >= 15 is 0 Å². The largest absolute Gasteiger partial charge is 0.505 e. The maximum atomic E-state index is 11.9. The first-order valence-electron chi connectivity index (χ1n) is 16.0. The first kappa shape index (κ1) is 33.2. The van der Waals surface area contributed by atoms with Gasteiger partial charge in [0.25, 0.3) is 0 Å². The van der Waals surface area contributed by atoms with Crippen LogP contribution in [0.4, 0.5) is 0 Å². The van der Waals surface area contributed by atoms with E-state index in [1.165, 1.54) is 0 Å². The van der Waals surface area contributed by atoms with Gasteiger partial charge in [-0.2, -0.15) is 0 Å². The van der Waals surface area contributed by atoms with E-state index < -0.39 is 0 Å². The molecule has 0 saturated carbocycles. The van der Waals surface area contributed by atoms with E-state index in [1.54, 1.807) is 6.20 Å². The molecule has 244 valence electrons. The first-order valence-corrected chi connectivity index (χ1v) is 16.0. The summed E-state index contributed by atoms with van der Waals surface area (Å²) < 4.78 is 8.31. The normalized spacial score (nSPS) is 11.9. The maximum absolute atomic E-state index is 11.9. The molecule has 0 saturated heterocycles. The topological polar surface area (TPSA) is 60.2 Å². The van der Waals surface area contributed by atoms with Crippen molar-refractivity contribution in [3.63, 3.8) is 0 Å². The van der Waals surface area contributed by atoms with Crippen LogP contribution in [-0.2, 0) is 31.9 Å². The Morgan fingerprint density at radius 2 is 1.46 bits per heavy atom. The molecule has 0 unspecified atom stereocenters. The monoisotopic (exact) mass is 811 g/mol. The van der Waals surface area contributed by atoms with Crippen LogP contribution in [0.15, 0.2) is 115 Å². The Balaban J connectivity index is 0.00000401. The summed E-state index contributed by atoms with van der Waals surface area (Å²) in [7, 11) is 0. The average Bonchev–Trinajstić information content (AvgIpc) is 3.38. The number of phenolic OH excluding ortho intramolecular Hbond substituents is 1. The summed E-state index contributed by atoms with van der Waals surface area (Å²) in [6.45, 7) is 13.0. The molecule has 1 N–H and O–H groups in total. The van der Waals surface area contributed by atoms with E-state index in [9.17, 15) is 5.11 Å². The van der Waals surface area contributed by atoms with E-state index in [0.29, 0.717) is 11.6 Å². The molecular weight excluding hydrogens is 774 g/mol. The molecule has 0 fully saturated rings. The van der Waals surface area contributed by atoms with Crippen molar-refractivity contribution >= 4 is 21.9 Å². The molecule has 3 heterocycles. The summed E-state index contributed by atoms with van der Waals surface area (Å²) in [6.07, 6.45) is 1.75. The fourth-order valence-electron chi connectivity index (χ4n) is 6.07. The number of hydrogen-bond acceptors (Lipinski definition) is 4. The van der Waals surface area contributed by atoms with Gasteiger partial charge in [0.15, 0.2) is 0 Å². The summed E-state index contributed by atoms with van der Waals surface area (Å²) in [5.41, 5.74) is 7.82. The number of aromatic nitrogens is 3. The third-order valence-electron chi connectivity index (χ3n) is 8.63. The smallest absolute Gasteiger partial charge is 0.217 e. The third-order valence-corrected chi connectivity index (χ3v) is 8.63. The Hall–Kier alpha value is -4.73. The van der Waals surface area contributed by atoms with Crippen LogP contribution in [0.1, 0.15) is 52.7 Å². The number of phenols is 1. The van der Waals surface area contributed by atoms with Gasteiger partial charge < -0.3 is 9.84 Å². The molecule has 0 spiro atoms. The molecule has 0 radical (unpaired) electrons. The van der Waals surface area contributed by atoms with Crippen molar-refractivity contribution in [3.8, 4) is 45.5 Å². The number of rotatable bonds is 5. The van der Waals surface area contributed by atoms with Gasteiger partial charge in [-0.25, -0.2) is 4.98 Å². The Bertz CT molecular complexity index is 2260. The number of ether oxygens (including phenoxy) is 1.